The average molecular weight is 341 g/mol. The maximum Gasteiger partial charge on any atom is 0.209 e. The van der Waals surface area contributed by atoms with Gasteiger partial charge in [-0.25, -0.2) is 9.37 Å². The third-order valence-electron chi connectivity index (χ3n) is 4.19. The van der Waals surface area contributed by atoms with Crippen molar-refractivity contribution in [2.24, 2.45) is 0 Å². The number of carbonyl (C=O) groups excluding carboxylic acids is 1. The molecule has 1 atom stereocenters. The Hall–Kier alpha value is -2.59. The van der Waals surface area contributed by atoms with Gasteiger partial charge in [0.25, 0.3) is 0 Å². The first-order valence-corrected chi connectivity index (χ1v) is 8.46. The maximum absolute atomic E-state index is 13.3. The van der Waals surface area contributed by atoms with Crippen LogP contribution >= 0.6 is 11.3 Å². The van der Waals surface area contributed by atoms with Crippen molar-refractivity contribution in [2.75, 3.05) is 0 Å². The second kappa shape index (κ2) is 5.80. The van der Waals surface area contributed by atoms with Crippen molar-refractivity contribution in [2.45, 2.75) is 31.6 Å². The molecule has 24 heavy (non-hydrogen) atoms. The van der Waals surface area contributed by atoms with Gasteiger partial charge in [0.05, 0.1) is 16.3 Å². The van der Waals surface area contributed by atoms with E-state index in [0.29, 0.717) is 10.5 Å². The number of rotatable bonds is 3. The number of fused-ring (bicyclic) bond motifs is 2. The highest BCUT2D eigenvalue weighted by atomic mass is 32.1. The van der Waals surface area contributed by atoms with E-state index in [1.807, 2.05) is 6.07 Å². The zero-order chi connectivity index (χ0) is 16.7. The Morgan fingerprint density at radius 3 is 3.04 bits per heavy atom. The second-order valence-corrected chi connectivity index (χ2v) is 6.79. The molecule has 2 aromatic heterocycles. The van der Waals surface area contributed by atoms with E-state index in [1.165, 1.54) is 23.5 Å². The highest BCUT2D eigenvalue weighted by Gasteiger charge is 2.32. The molecule has 7 heteroatoms. The first-order chi connectivity index (χ1) is 11.7. The molecule has 2 heterocycles. The van der Waals surface area contributed by atoms with Crippen LogP contribution in [0.25, 0.3) is 10.2 Å². The Morgan fingerprint density at radius 2 is 2.21 bits per heavy atom. The number of Topliss-reactive ketones (excluding diaryl/α,β-unsaturated/α-hetero) is 1. The minimum absolute atomic E-state index is 0.238. The zero-order valence-corrected chi connectivity index (χ0v) is 13.4. The highest BCUT2D eigenvalue weighted by Crippen LogP contribution is 2.32. The minimum Gasteiger partial charge on any atom is -0.360 e. The van der Waals surface area contributed by atoms with Crippen molar-refractivity contribution >= 4 is 27.3 Å². The summed E-state index contributed by atoms with van der Waals surface area (Å²) in [6, 6.07) is 6.24. The topological polar surface area (TPSA) is 79.8 Å². The van der Waals surface area contributed by atoms with Gasteiger partial charge in [0.15, 0.2) is 11.6 Å². The van der Waals surface area contributed by atoms with Crippen LogP contribution in [0.3, 0.4) is 0 Å². The van der Waals surface area contributed by atoms with E-state index >= 15 is 0 Å². The van der Waals surface area contributed by atoms with Gasteiger partial charge in [-0.05, 0) is 31.4 Å². The lowest BCUT2D eigenvalue weighted by atomic mass is 9.92. The van der Waals surface area contributed by atoms with Crippen LogP contribution < -0.4 is 0 Å². The molecule has 1 aliphatic rings. The lowest BCUT2D eigenvalue weighted by Gasteiger charge is -2.09. The Bertz CT molecular complexity index is 986. The number of halogens is 1. The number of aryl methyl sites for hydroxylation is 1. The summed E-state index contributed by atoms with van der Waals surface area (Å²) in [5.74, 6) is -1.11. The number of hydrogen-bond donors (Lipinski definition) is 0. The summed E-state index contributed by atoms with van der Waals surface area (Å²) in [7, 11) is 0. The molecule has 0 bridgehead atoms. The molecule has 1 aliphatic carbocycles. The third kappa shape index (κ3) is 2.39. The molecule has 0 N–H and O–H groups in total. The Morgan fingerprint density at radius 1 is 1.38 bits per heavy atom. The van der Waals surface area contributed by atoms with E-state index in [9.17, 15) is 14.4 Å². The average Bonchev–Trinajstić information content (AvgIpc) is 3.18. The van der Waals surface area contributed by atoms with E-state index in [2.05, 4.69) is 10.1 Å². The summed E-state index contributed by atoms with van der Waals surface area (Å²) in [5.41, 5.74) is 1.51. The van der Waals surface area contributed by atoms with Gasteiger partial charge in [-0.1, -0.05) is 5.16 Å². The first kappa shape index (κ1) is 15.0. The van der Waals surface area contributed by atoms with Crippen LogP contribution in [0.4, 0.5) is 4.39 Å². The smallest absolute Gasteiger partial charge is 0.209 e. The molecular formula is C17H12FN3O2S. The van der Waals surface area contributed by atoms with E-state index in [-0.39, 0.29) is 5.69 Å². The normalized spacial score (nSPS) is 15.0. The van der Waals surface area contributed by atoms with Crippen LogP contribution in [0.15, 0.2) is 22.7 Å². The van der Waals surface area contributed by atoms with Gasteiger partial charge >= 0.3 is 0 Å². The van der Waals surface area contributed by atoms with Crippen molar-refractivity contribution in [1.29, 1.82) is 5.26 Å². The summed E-state index contributed by atoms with van der Waals surface area (Å²) >= 11 is 1.22. The van der Waals surface area contributed by atoms with Crippen LogP contribution in [0.5, 0.6) is 0 Å². The van der Waals surface area contributed by atoms with Gasteiger partial charge in [-0.15, -0.1) is 11.3 Å². The molecular weight excluding hydrogens is 329 g/mol. The Balaban J connectivity index is 1.73. The Kier molecular flexibility index (Phi) is 3.62. The number of ketones is 1. The monoisotopic (exact) mass is 341 g/mol. The molecule has 3 aromatic rings. The van der Waals surface area contributed by atoms with Crippen LogP contribution in [-0.4, -0.2) is 15.9 Å². The largest absolute Gasteiger partial charge is 0.360 e. The third-order valence-corrected chi connectivity index (χ3v) is 5.29. The van der Waals surface area contributed by atoms with Crippen molar-refractivity contribution < 1.29 is 13.7 Å². The number of carbonyl (C=O) groups is 1. The molecule has 120 valence electrons. The maximum atomic E-state index is 13.3. The number of nitrogens with zero attached hydrogens (tertiary/aromatic N) is 3. The van der Waals surface area contributed by atoms with Gasteiger partial charge in [-0.3, -0.25) is 4.79 Å². The number of thiazole rings is 1. The van der Waals surface area contributed by atoms with Crippen LogP contribution in [0.2, 0.25) is 0 Å². The second-order valence-electron chi connectivity index (χ2n) is 5.73. The van der Waals surface area contributed by atoms with E-state index < -0.39 is 17.5 Å². The summed E-state index contributed by atoms with van der Waals surface area (Å²) < 4.78 is 19.3. The van der Waals surface area contributed by atoms with Gasteiger partial charge in [-0.2, -0.15) is 5.26 Å². The van der Waals surface area contributed by atoms with Gasteiger partial charge < -0.3 is 4.52 Å². The molecule has 1 unspecified atom stereocenters. The standard InChI is InChI=1S/C17H12FN3O2S/c18-9-5-6-14-12(7-9)20-17(24-14)11(8-19)16(22)15-10-3-1-2-4-13(10)23-21-15/h5-7,11H,1-4H2. The van der Waals surface area contributed by atoms with Crippen molar-refractivity contribution in [3.8, 4) is 6.07 Å². The van der Waals surface area contributed by atoms with Crippen molar-refractivity contribution in [1.82, 2.24) is 10.1 Å². The molecule has 0 amide bonds. The zero-order valence-electron chi connectivity index (χ0n) is 12.6. The van der Waals surface area contributed by atoms with Crippen LogP contribution in [0.1, 0.15) is 45.6 Å². The number of benzene rings is 1. The molecule has 0 radical (unpaired) electrons. The highest BCUT2D eigenvalue weighted by molar-refractivity contribution is 7.18. The quantitative estimate of drug-likeness (QED) is 0.677. The predicted molar refractivity (Wildman–Crippen MR) is 85.4 cm³/mol. The van der Waals surface area contributed by atoms with E-state index in [4.69, 9.17) is 4.52 Å². The molecule has 0 aliphatic heterocycles. The lowest BCUT2D eigenvalue weighted by molar-refractivity contribution is 0.0969. The minimum atomic E-state index is -1.05. The molecule has 0 spiro atoms. The fraction of sp³-hybridized carbons (Fsp3) is 0.294. The summed E-state index contributed by atoms with van der Waals surface area (Å²) in [4.78, 5) is 17.1. The van der Waals surface area contributed by atoms with Crippen LogP contribution in [0, 0.1) is 17.1 Å². The molecule has 0 fully saturated rings. The Labute approximate surface area is 140 Å². The van der Waals surface area contributed by atoms with Crippen molar-refractivity contribution in [3.63, 3.8) is 0 Å². The lowest BCUT2D eigenvalue weighted by Crippen LogP contribution is -2.14. The first-order valence-electron chi connectivity index (χ1n) is 7.64. The van der Waals surface area contributed by atoms with Gasteiger partial charge in [0, 0.05) is 18.1 Å². The number of aromatic nitrogens is 2. The predicted octanol–water partition coefficient (Wildman–Crippen LogP) is 3.79. The molecule has 0 saturated heterocycles. The molecule has 5 nitrogen and oxygen atoms in total. The SMILES string of the molecule is N#CC(C(=O)c1noc2c1CCCC2)c1nc2cc(F)ccc2s1. The molecule has 0 saturated carbocycles. The molecule has 1 aromatic carbocycles. The summed E-state index contributed by atoms with van der Waals surface area (Å²) in [6.45, 7) is 0. The summed E-state index contributed by atoms with van der Waals surface area (Å²) in [5, 5.41) is 13.8. The number of hydrogen-bond acceptors (Lipinski definition) is 6. The fourth-order valence-electron chi connectivity index (χ4n) is 2.98. The fourth-order valence-corrected chi connectivity index (χ4v) is 3.98. The van der Waals surface area contributed by atoms with Gasteiger partial charge in [0.1, 0.15) is 16.6 Å². The van der Waals surface area contributed by atoms with E-state index in [0.717, 1.165) is 41.7 Å². The van der Waals surface area contributed by atoms with Crippen molar-refractivity contribution in [3.05, 3.63) is 46.0 Å². The van der Waals surface area contributed by atoms with E-state index in [1.54, 1.807) is 6.07 Å². The van der Waals surface area contributed by atoms with Crippen LogP contribution in [-0.2, 0) is 12.8 Å². The number of nitriles is 1. The molecule has 4 rings (SSSR count). The summed E-state index contributed by atoms with van der Waals surface area (Å²) in [6.07, 6.45) is 3.50. The van der Waals surface area contributed by atoms with Gasteiger partial charge in [0.2, 0.25) is 5.78 Å².